The minimum absolute atomic E-state index is 0.265. The predicted molar refractivity (Wildman–Crippen MR) is 113 cm³/mol. The molecule has 8 heteroatoms. The summed E-state index contributed by atoms with van der Waals surface area (Å²) in [6.07, 6.45) is 0. The molecule has 2 aromatic carbocycles. The molecule has 0 atom stereocenters. The van der Waals surface area contributed by atoms with E-state index in [1.807, 2.05) is 6.07 Å². The van der Waals surface area contributed by atoms with Crippen LogP contribution in [0.1, 0.15) is 27.6 Å². The summed E-state index contributed by atoms with van der Waals surface area (Å²) in [6, 6.07) is 10.1. The number of hydrogen-bond donors (Lipinski definition) is 1. The van der Waals surface area contributed by atoms with Gasteiger partial charge in [0.15, 0.2) is 0 Å². The van der Waals surface area contributed by atoms with Gasteiger partial charge in [-0.2, -0.15) is 0 Å². The second-order valence-corrected chi connectivity index (χ2v) is 6.61. The van der Waals surface area contributed by atoms with E-state index in [0.717, 1.165) is 5.69 Å². The van der Waals surface area contributed by atoms with Gasteiger partial charge in [0.1, 0.15) is 11.5 Å². The van der Waals surface area contributed by atoms with Crippen molar-refractivity contribution in [3.8, 4) is 11.5 Å². The summed E-state index contributed by atoms with van der Waals surface area (Å²) in [5.41, 5.74) is 2.03. The highest BCUT2D eigenvalue weighted by Gasteiger charge is 2.21. The largest absolute Gasteiger partial charge is 0.497 e. The van der Waals surface area contributed by atoms with Gasteiger partial charge in [-0.1, -0.05) is 0 Å². The molecule has 0 radical (unpaired) electrons. The van der Waals surface area contributed by atoms with Crippen molar-refractivity contribution in [2.45, 2.75) is 6.92 Å². The average molecular weight is 414 g/mol. The second kappa shape index (κ2) is 9.98. The van der Waals surface area contributed by atoms with Gasteiger partial charge in [0, 0.05) is 30.4 Å². The first-order valence-corrected chi connectivity index (χ1v) is 9.74. The normalized spacial score (nSPS) is 13.5. The molecule has 1 N–H and O–H groups in total. The van der Waals surface area contributed by atoms with Gasteiger partial charge in [0.2, 0.25) is 0 Å². The number of carbonyl (C=O) groups is 2. The number of ether oxygens (including phenoxy) is 4. The van der Waals surface area contributed by atoms with E-state index < -0.39 is 5.97 Å². The summed E-state index contributed by atoms with van der Waals surface area (Å²) in [5.74, 6) is 0.239. The molecule has 0 spiro atoms. The van der Waals surface area contributed by atoms with Crippen molar-refractivity contribution in [3.05, 3.63) is 47.5 Å². The van der Waals surface area contributed by atoms with Crippen molar-refractivity contribution in [1.82, 2.24) is 0 Å². The third kappa shape index (κ3) is 5.01. The highest BCUT2D eigenvalue weighted by atomic mass is 16.5. The molecule has 0 aromatic heterocycles. The van der Waals surface area contributed by atoms with Crippen molar-refractivity contribution in [3.63, 3.8) is 0 Å². The minimum atomic E-state index is -0.432. The number of amides is 1. The minimum Gasteiger partial charge on any atom is -0.497 e. The molecule has 8 nitrogen and oxygen atoms in total. The van der Waals surface area contributed by atoms with Gasteiger partial charge in [-0.3, -0.25) is 4.79 Å². The van der Waals surface area contributed by atoms with Gasteiger partial charge in [0.05, 0.1) is 45.3 Å². The van der Waals surface area contributed by atoms with Crippen LogP contribution in [-0.2, 0) is 9.47 Å². The monoisotopic (exact) mass is 414 g/mol. The maximum atomic E-state index is 12.8. The van der Waals surface area contributed by atoms with Crippen molar-refractivity contribution in [1.29, 1.82) is 0 Å². The van der Waals surface area contributed by atoms with Crippen molar-refractivity contribution in [2.75, 3.05) is 57.3 Å². The zero-order valence-corrected chi connectivity index (χ0v) is 17.4. The molecule has 0 bridgehead atoms. The lowest BCUT2D eigenvalue weighted by molar-refractivity contribution is 0.0526. The van der Waals surface area contributed by atoms with Crippen LogP contribution in [0.15, 0.2) is 36.4 Å². The summed E-state index contributed by atoms with van der Waals surface area (Å²) in [4.78, 5) is 27.4. The summed E-state index contributed by atoms with van der Waals surface area (Å²) in [5, 5.41) is 2.83. The molecule has 0 aliphatic carbocycles. The Morgan fingerprint density at radius 2 is 1.70 bits per heavy atom. The van der Waals surface area contributed by atoms with E-state index in [4.69, 9.17) is 18.9 Å². The molecule has 1 aliphatic heterocycles. The third-order valence-corrected chi connectivity index (χ3v) is 4.72. The number of anilines is 2. The van der Waals surface area contributed by atoms with Gasteiger partial charge in [-0.05, 0) is 37.3 Å². The Morgan fingerprint density at radius 1 is 1.03 bits per heavy atom. The van der Waals surface area contributed by atoms with Crippen LogP contribution in [0, 0.1) is 0 Å². The number of hydrogen-bond acceptors (Lipinski definition) is 7. The number of methoxy groups -OCH3 is 2. The Kier molecular flexibility index (Phi) is 7.13. The van der Waals surface area contributed by atoms with Crippen LogP contribution in [0.4, 0.5) is 11.4 Å². The number of morpholine rings is 1. The maximum absolute atomic E-state index is 12.8. The molecule has 1 fully saturated rings. The Hall–Kier alpha value is -3.26. The van der Waals surface area contributed by atoms with Gasteiger partial charge < -0.3 is 29.2 Å². The molecule has 160 valence electrons. The molecular weight excluding hydrogens is 388 g/mol. The number of benzene rings is 2. The van der Waals surface area contributed by atoms with E-state index in [1.54, 1.807) is 37.3 Å². The number of carbonyl (C=O) groups excluding carboxylic acids is 2. The molecule has 1 amide bonds. The standard InChI is InChI=1S/C22H26N2O6/c1-4-30-22(26)19-13-16(5-6-20(19)24-7-9-29-10-8-24)23-21(25)15-11-17(27-2)14-18(12-15)28-3/h5-6,11-14H,4,7-10H2,1-3H3,(H,23,25). The molecule has 1 saturated heterocycles. The molecule has 1 aliphatic rings. The van der Waals surface area contributed by atoms with E-state index in [2.05, 4.69) is 10.2 Å². The number of esters is 1. The first kappa shape index (κ1) is 21.4. The Morgan fingerprint density at radius 3 is 2.30 bits per heavy atom. The van der Waals surface area contributed by atoms with Gasteiger partial charge in [0.25, 0.3) is 5.91 Å². The highest BCUT2D eigenvalue weighted by molar-refractivity contribution is 6.06. The summed E-state index contributed by atoms with van der Waals surface area (Å²) in [7, 11) is 3.04. The fraction of sp³-hybridized carbons (Fsp3) is 0.364. The Bertz CT molecular complexity index is 886. The van der Waals surface area contributed by atoms with Crippen LogP contribution in [0.5, 0.6) is 11.5 Å². The molecule has 0 saturated carbocycles. The predicted octanol–water partition coefficient (Wildman–Crippen LogP) is 2.97. The number of nitrogens with zero attached hydrogens (tertiary/aromatic N) is 1. The van der Waals surface area contributed by atoms with Crippen LogP contribution in [0.25, 0.3) is 0 Å². The second-order valence-electron chi connectivity index (χ2n) is 6.61. The average Bonchev–Trinajstić information content (AvgIpc) is 2.79. The summed E-state index contributed by atoms with van der Waals surface area (Å²) >= 11 is 0. The van der Waals surface area contributed by atoms with Crippen LogP contribution in [0.3, 0.4) is 0 Å². The lowest BCUT2D eigenvalue weighted by Crippen LogP contribution is -2.37. The molecule has 3 rings (SSSR count). The van der Waals surface area contributed by atoms with Crippen LogP contribution < -0.4 is 19.7 Å². The number of nitrogens with one attached hydrogen (secondary N) is 1. The van der Waals surface area contributed by atoms with E-state index >= 15 is 0 Å². The maximum Gasteiger partial charge on any atom is 0.340 e. The fourth-order valence-corrected chi connectivity index (χ4v) is 3.21. The Labute approximate surface area is 175 Å². The van der Waals surface area contributed by atoms with Gasteiger partial charge >= 0.3 is 5.97 Å². The zero-order chi connectivity index (χ0) is 21.5. The van der Waals surface area contributed by atoms with Crippen LogP contribution >= 0.6 is 0 Å². The van der Waals surface area contributed by atoms with Gasteiger partial charge in [-0.15, -0.1) is 0 Å². The smallest absolute Gasteiger partial charge is 0.340 e. The fourth-order valence-electron chi connectivity index (χ4n) is 3.21. The first-order chi connectivity index (χ1) is 14.5. The van der Waals surface area contributed by atoms with E-state index in [-0.39, 0.29) is 12.5 Å². The van der Waals surface area contributed by atoms with Crippen molar-refractivity contribution >= 4 is 23.3 Å². The van der Waals surface area contributed by atoms with E-state index in [0.29, 0.717) is 54.6 Å². The zero-order valence-electron chi connectivity index (χ0n) is 17.4. The van der Waals surface area contributed by atoms with E-state index in [9.17, 15) is 9.59 Å². The van der Waals surface area contributed by atoms with Gasteiger partial charge in [-0.25, -0.2) is 4.79 Å². The van der Waals surface area contributed by atoms with Crippen molar-refractivity contribution in [2.24, 2.45) is 0 Å². The quantitative estimate of drug-likeness (QED) is 0.697. The topological polar surface area (TPSA) is 86.3 Å². The summed E-state index contributed by atoms with van der Waals surface area (Å²) in [6.45, 7) is 4.58. The Balaban J connectivity index is 1.88. The van der Waals surface area contributed by atoms with Crippen LogP contribution in [-0.4, -0.2) is 59.0 Å². The van der Waals surface area contributed by atoms with Crippen molar-refractivity contribution < 1.29 is 28.5 Å². The molecule has 30 heavy (non-hydrogen) atoms. The molecule has 1 heterocycles. The third-order valence-electron chi connectivity index (χ3n) is 4.72. The molecule has 0 unspecified atom stereocenters. The lowest BCUT2D eigenvalue weighted by atomic mass is 10.1. The molecule has 2 aromatic rings. The lowest BCUT2D eigenvalue weighted by Gasteiger charge is -2.30. The first-order valence-electron chi connectivity index (χ1n) is 9.74. The molecular formula is C22H26N2O6. The SMILES string of the molecule is CCOC(=O)c1cc(NC(=O)c2cc(OC)cc(OC)c2)ccc1N1CCOCC1. The van der Waals surface area contributed by atoms with Crippen LogP contribution in [0.2, 0.25) is 0 Å². The van der Waals surface area contributed by atoms with E-state index in [1.165, 1.54) is 14.2 Å². The highest BCUT2D eigenvalue weighted by Crippen LogP contribution is 2.27. The summed E-state index contributed by atoms with van der Waals surface area (Å²) < 4.78 is 21.1. The number of rotatable bonds is 7.